The second-order valence-electron chi connectivity index (χ2n) is 6.57. The molecule has 26 heavy (non-hydrogen) atoms. The highest BCUT2D eigenvalue weighted by molar-refractivity contribution is 5.95. The van der Waals surface area contributed by atoms with E-state index < -0.39 is 0 Å². The average molecular weight is 352 g/mol. The minimum absolute atomic E-state index is 0.546. The predicted octanol–water partition coefficient (Wildman–Crippen LogP) is 4.85. The van der Waals surface area contributed by atoms with Crippen LogP contribution in [0.4, 0.5) is 5.69 Å². The number of nitrogens with zero attached hydrogens (tertiary/aromatic N) is 1. The van der Waals surface area contributed by atoms with Gasteiger partial charge >= 0.3 is 0 Å². The molecule has 2 N–H and O–H groups in total. The summed E-state index contributed by atoms with van der Waals surface area (Å²) in [6, 6.07) is 17.0. The van der Waals surface area contributed by atoms with E-state index in [1.165, 1.54) is 16.6 Å². The van der Waals surface area contributed by atoms with E-state index in [2.05, 4.69) is 47.9 Å². The van der Waals surface area contributed by atoms with Crippen molar-refractivity contribution in [2.75, 3.05) is 26.1 Å². The van der Waals surface area contributed by atoms with Crippen molar-refractivity contribution in [1.29, 1.82) is 0 Å². The van der Waals surface area contributed by atoms with Gasteiger partial charge in [0.05, 0.1) is 31.0 Å². The van der Waals surface area contributed by atoms with E-state index in [-0.39, 0.29) is 0 Å². The number of ether oxygens (including phenoxy) is 2. The molecule has 138 valence electrons. The van der Waals surface area contributed by atoms with Crippen molar-refractivity contribution in [3.63, 3.8) is 0 Å². The van der Waals surface area contributed by atoms with Crippen molar-refractivity contribution in [3.8, 4) is 11.3 Å². The minimum Gasteiger partial charge on any atom is -0.397 e. The normalized spacial score (nSPS) is 11.3. The van der Waals surface area contributed by atoms with Crippen LogP contribution in [-0.4, -0.2) is 24.9 Å². The lowest BCUT2D eigenvalue weighted by Crippen LogP contribution is -2.04. The molecule has 0 bridgehead atoms. The number of hydrogen-bond acceptors (Lipinski definition) is 3. The third-order valence-electron chi connectivity index (χ3n) is 4.59. The van der Waals surface area contributed by atoms with Crippen LogP contribution in [-0.2, 0) is 22.6 Å². The molecule has 3 rings (SSSR count). The number of methoxy groups -OCH3 is 1. The monoisotopic (exact) mass is 352 g/mol. The lowest BCUT2D eigenvalue weighted by atomic mass is 10.1. The molecule has 0 aliphatic heterocycles. The molecule has 1 heterocycles. The van der Waals surface area contributed by atoms with Gasteiger partial charge < -0.3 is 19.8 Å². The van der Waals surface area contributed by atoms with Gasteiger partial charge in [-0.2, -0.15) is 0 Å². The summed E-state index contributed by atoms with van der Waals surface area (Å²) in [6.45, 7) is 4.92. The lowest BCUT2D eigenvalue weighted by Gasteiger charge is -2.12. The highest BCUT2D eigenvalue weighted by Gasteiger charge is 2.14. The van der Waals surface area contributed by atoms with Crippen LogP contribution < -0.4 is 5.73 Å². The van der Waals surface area contributed by atoms with Crippen LogP contribution in [0.15, 0.2) is 48.5 Å². The first-order valence-corrected chi connectivity index (χ1v) is 9.28. The quantitative estimate of drug-likeness (QED) is 0.442. The fourth-order valence-corrected chi connectivity index (χ4v) is 3.32. The lowest BCUT2D eigenvalue weighted by molar-refractivity contribution is 0.0617. The second kappa shape index (κ2) is 8.88. The molecule has 0 unspecified atom stereocenters. The zero-order valence-electron chi connectivity index (χ0n) is 15.7. The maximum atomic E-state index is 6.45. The van der Waals surface area contributed by atoms with E-state index in [1.807, 2.05) is 12.1 Å². The Morgan fingerprint density at radius 3 is 2.58 bits per heavy atom. The van der Waals surface area contributed by atoms with Crippen LogP contribution in [0.2, 0.25) is 0 Å². The third kappa shape index (κ3) is 4.09. The zero-order chi connectivity index (χ0) is 18.4. The Labute approximate surface area is 155 Å². The standard InChI is InChI=1S/C22H28N2O2/c1-3-4-10-24-21(18-8-6-5-7-9-18)15-19-13-17(14-20(23)22(19)24)16-26-12-11-25-2/h5-9,13-15H,3-4,10-12,16,23H2,1-2H3. The number of benzene rings is 2. The van der Waals surface area contributed by atoms with Crippen LogP contribution >= 0.6 is 0 Å². The Kier molecular flexibility index (Phi) is 6.31. The molecule has 0 fully saturated rings. The summed E-state index contributed by atoms with van der Waals surface area (Å²) < 4.78 is 13.0. The number of aromatic nitrogens is 1. The second-order valence-corrected chi connectivity index (χ2v) is 6.57. The van der Waals surface area contributed by atoms with E-state index in [4.69, 9.17) is 15.2 Å². The van der Waals surface area contributed by atoms with Crippen LogP contribution in [0.3, 0.4) is 0 Å². The maximum Gasteiger partial charge on any atom is 0.0719 e. The molecule has 4 heteroatoms. The average Bonchev–Trinajstić information content (AvgIpc) is 3.03. The van der Waals surface area contributed by atoms with Gasteiger partial charge in [0.25, 0.3) is 0 Å². The van der Waals surface area contributed by atoms with Gasteiger partial charge in [-0.05, 0) is 35.7 Å². The van der Waals surface area contributed by atoms with Crippen molar-refractivity contribution in [2.24, 2.45) is 0 Å². The highest BCUT2D eigenvalue weighted by atomic mass is 16.5. The summed E-state index contributed by atoms with van der Waals surface area (Å²) >= 11 is 0. The number of rotatable bonds is 9. The first-order chi connectivity index (χ1) is 12.7. The number of aryl methyl sites for hydroxylation is 1. The van der Waals surface area contributed by atoms with Gasteiger partial charge in [-0.25, -0.2) is 0 Å². The minimum atomic E-state index is 0.546. The third-order valence-corrected chi connectivity index (χ3v) is 4.59. The molecular weight excluding hydrogens is 324 g/mol. The van der Waals surface area contributed by atoms with Gasteiger partial charge in [0.15, 0.2) is 0 Å². The molecule has 4 nitrogen and oxygen atoms in total. The van der Waals surface area contributed by atoms with E-state index >= 15 is 0 Å². The Balaban J connectivity index is 2.00. The zero-order valence-corrected chi connectivity index (χ0v) is 15.7. The summed E-state index contributed by atoms with van der Waals surface area (Å²) in [5, 5.41) is 1.17. The topological polar surface area (TPSA) is 49.4 Å². The van der Waals surface area contributed by atoms with Gasteiger partial charge in [0.2, 0.25) is 0 Å². The van der Waals surface area contributed by atoms with Gasteiger partial charge in [-0.3, -0.25) is 0 Å². The van der Waals surface area contributed by atoms with E-state index in [0.29, 0.717) is 19.8 Å². The molecule has 0 aliphatic rings. The maximum absolute atomic E-state index is 6.45. The van der Waals surface area contributed by atoms with Crippen molar-refractivity contribution < 1.29 is 9.47 Å². The van der Waals surface area contributed by atoms with Crippen molar-refractivity contribution in [3.05, 3.63) is 54.1 Å². The van der Waals surface area contributed by atoms with Gasteiger partial charge in [0, 0.05) is 24.7 Å². The van der Waals surface area contributed by atoms with Crippen molar-refractivity contribution in [1.82, 2.24) is 4.57 Å². The Morgan fingerprint density at radius 2 is 1.85 bits per heavy atom. The molecule has 0 aliphatic carbocycles. The van der Waals surface area contributed by atoms with Gasteiger partial charge in [-0.15, -0.1) is 0 Å². The van der Waals surface area contributed by atoms with E-state index in [1.54, 1.807) is 7.11 Å². The molecule has 0 spiro atoms. The smallest absolute Gasteiger partial charge is 0.0719 e. The molecule has 0 amide bonds. The van der Waals surface area contributed by atoms with Crippen LogP contribution in [0.5, 0.6) is 0 Å². The molecule has 3 aromatic rings. The Bertz CT molecular complexity index is 840. The summed E-state index contributed by atoms with van der Waals surface area (Å²) in [6.07, 6.45) is 2.28. The molecule has 1 aromatic heterocycles. The number of nitrogen functional groups attached to an aromatic ring is 1. The van der Waals surface area contributed by atoms with Crippen molar-refractivity contribution >= 4 is 16.6 Å². The molecular formula is C22H28N2O2. The van der Waals surface area contributed by atoms with Crippen LogP contribution in [0.25, 0.3) is 22.2 Å². The summed E-state index contributed by atoms with van der Waals surface area (Å²) in [7, 11) is 1.68. The largest absolute Gasteiger partial charge is 0.397 e. The van der Waals surface area contributed by atoms with Crippen molar-refractivity contribution in [2.45, 2.75) is 32.9 Å². The Hall–Kier alpha value is -2.30. The molecule has 0 radical (unpaired) electrons. The SMILES string of the molecule is CCCCn1c(-c2ccccc2)cc2cc(COCCOC)cc(N)c21. The molecule has 0 atom stereocenters. The summed E-state index contributed by atoms with van der Waals surface area (Å²) in [5.74, 6) is 0. The van der Waals surface area contributed by atoms with E-state index in [0.717, 1.165) is 36.2 Å². The molecule has 2 aromatic carbocycles. The predicted molar refractivity (Wildman–Crippen MR) is 108 cm³/mol. The number of anilines is 1. The highest BCUT2D eigenvalue weighted by Crippen LogP contribution is 2.33. The number of unbranched alkanes of at least 4 members (excludes halogenated alkanes) is 1. The van der Waals surface area contributed by atoms with Gasteiger partial charge in [-0.1, -0.05) is 43.7 Å². The first-order valence-electron chi connectivity index (χ1n) is 9.28. The first kappa shape index (κ1) is 18.5. The fraction of sp³-hybridized carbons (Fsp3) is 0.364. The summed E-state index contributed by atoms with van der Waals surface area (Å²) in [5.41, 5.74) is 11.9. The van der Waals surface area contributed by atoms with Gasteiger partial charge in [0.1, 0.15) is 0 Å². The van der Waals surface area contributed by atoms with Crippen LogP contribution in [0, 0.1) is 0 Å². The fourth-order valence-electron chi connectivity index (χ4n) is 3.32. The number of hydrogen-bond donors (Lipinski definition) is 1. The Morgan fingerprint density at radius 1 is 1.04 bits per heavy atom. The van der Waals surface area contributed by atoms with Crippen LogP contribution in [0.1, 0.15) is 25.3 Å². The number of fused-ring (bicyclic) bond motifs is 1. The van der Waals surface area contributed by atoms with E-state index in [9.17, 15) is 0 Å². The summed E-state index contributed by atoms with van der Waals surface area (Å²) in [4.78, 5) is 0. The molecule has 0 saturated carbocycles. The number of nitrogens with two attached hydrogens (primary N) is 1. The molecule has 0 saturated heterocycles.